The van der Waals surface area contributed by atoms with Gasteiger partial charge in [0.25, 0.3) is 0 Å². The number of nitrogens with one attached hydrogen (secondary N) is 2. The van der Waals surface area contributed by atoms with Crippen molar-refractivity contribution in [2.75, 3.05) is 11.9 Å². The minimum atomic E-state index is -4.64. The number of amides is 1. The molecule has 0 aliphatic rings. The Morgan fingerprint density at radius 3 is 1.53 bits per heavy atom. The number of carbonyl (C=O) groups excluding carboxylic acids is 1. The maximum atomic E-state index is 13.4. The number of rotatable bonds is 8. The van der Waals surface area contributed by atoms with Crippen molar-refractivity contribution in [2.45, 2.75) is 57.9 Å². The van der Waals surface area contributed by atoms with Crippen molar-refractivity contribution in [3.8, 4) is 0 Å². The van der Waals surface area contributed by atoms with Gasteiger partial charge in [0.15, 0.2) is 0 Å². The van der Waals surface area contributed by atoms with Crippen molar-refractivity contribution in [2.24, 2.45) is 0 Å². The molecule has 3 rings (SSSR count). The SMILES string of the molecule is CC(C)c1cccc(C(C)C)c1NC(=O)CNC(c1cccc(C(F)(F)F)c1)c1cccc(C(F)(F)F)c1. The van der Waals surface area contributed by atoms with Gasteiger partial charge in [-0.15, -0.1) is 0 Å². The van der Waals surface area contributed by atoms with Crippen LogP contribution in [-0.4, -0.2) is 12.5 Å². The van der Waals surface area contributed by atoms with E-state index in [4.69, 9.17) is 0 Å². The van der Waals surface area contributed by atoms with Crippen LogP contribution in [-0.2, 0) is 17.1 Å². The second-order valence-corrected chi connectivity index (χ2v) is 9.73. The Kier molecular flexibility index (Phi) is 8.92. The van der Waals surface area contributed by atoms with Crippen LogP contribution in [0, 0.1) is 0 Å². The van der Waals surface area contributed by atoms with E-state index < -0.39 is 35.4 Å². The molecule has 3 aromatic rings. The molecule has 0 spiro atoms. The highest BCUT2D eigenvalue weighted by Crippen LogP contribution is 2.35. The average molecular weight is 537 g/mol. The Morgan fingerprint density at radius 1 is 0.711 bits per heavy atom. The summed E-state index contributed by atoms with van der Waals surface area (Å²) in [5, 5.41) is 5.79. The maximum Gasteiger partial charge on any atom is 0.416 e. The molecule has 9 heteroatoms. The number of hydrogen-bond donors (Lipinski definition) is 2. The molecule has 0 aliphatic carbocycles. The van der Waals surface area contributed by atoms with Crippen LogP contribution in [0.3, 0.4) is 0 Å². The third-order valence-corrected chi connectivity index (χ3v) is 6.20. The van der Waals surface area contributed by atoms with Gasteiger partial charge in [0.1, 0.15) is 0 Å². The van der Waals surface area contributed by atoms with Gasteiger partial charge in [-0.3, -0.25) is 10.1 Å². The van der Waals surface area contributed by atoms with Crippen molar-refractivity contribution in [1.29, 1.82) is 0 Å². The second kappa shape index (κ2) is 11.6. The van der Waals surface area contributed by atoms with Gasteiger partial charge in [0.05, 0.1) is 23.7 Å². The average Bonchev–Trinajstić information content (AvgIpc) is 2.83. The van der Waals surface area contributed by atoms with Gasteiger partial charge in [-0.2, -0.15) is 26.3 Å². The highest BCUT2D eigenvalue weighted by molar-refractivity contribution is 5.94. The van der Waals surface area contributed by atoms with Gasteiger partial charge in [0, 0.05) is 5.69 Å². The van der Waals surface area contributed by atoms with E-state index in [1.54, 1.807) is 0 Å². The molecule has 0 heterocycles. The zero-order valence-corrected chi connectivity index (χ0v) is 21.5. The molecule has 0 bridgehead atoms. The van der Waals surface area contributed by atoms with Gasteiger partial charge in [-0.25, -0.2) is 0 Å². The molecule has 3 nitrogen and oxygen atoms in total. The molecule has 3 aromatic carbocycles. The highest BCUT2D eigenvalue weighted by atomic mass is 19.4. The van der Waals surface area contributed by atoms with Crippen molar-refractivity contribution in [3.63, 3.8) is 0 Å². The summed E-state index contributed by atoms with van der Waals surface area (Å²) in [7, 11) is 0. The summed E-state index contributed by atoms with van der Waals surface area (Å²) in [5.74, 6) is -0.246. The number of alkyl halides is 6. The lowest BCUT2D eigenvalue weighted by atomic mass is 9.92. The van der Waals surface area contributed by atoms with Gasteiger partial charge in [-0.05, 0) is 58.4 Å². The first kappa shape index (κ1) is 29.2. The van der Waals surface area contributed by atoms with Crippen molar-refractivity contribution in [1.82, 2.24) is 5.32 Å². The summed E-state index contributed by atoms with van der Waals surface area (Å²) in [6.07, 6.45) is -9.28. The van der Waals surface area contributed by atoms with E-state index in [1.165, 1.54) is 24.3 Å². The van der Waals surface area contributed by atoms with E-state index in [1.807, 2.05) is 45.9 Å². The molecule has 0 aliphatic heterocycles. The Labute approximate surface area is 218 Å². The molecule has 204 valence electrons. The molecule has 0 saturated heterocycles. The third-order valence-electron chi connectivity index (χ3n) is 6.20. The molecule has 2 N–H and O–H groups in total. The summed E-state index contributed by atoms with van der Waals surface area (Å²) in [6, 6.07) is 13.3. The number of para-hydroxylation sites is 1. The quantitative estimate of drug-likeness (QED) is 0.285. The molecular formula is C29H30F6N2O. The van der Waals surface area contributed by atoms with Gasteiger partial charge in [-0.1, -0.05) is 70.2 Å². The summed E-state index contributed by atoms with van der Waals surface area (Å²) >= 11 is 0. The Hall–Kier alpha value is -3.33. The van der Waals surface area contributed by atoms with Crippen LogP contribution in [0.15, 0.2) is 66.7 Å². The number of benzene rings is 3. The van der Waals surface area contributed by atoms with Crippen LogP contribution in [0.2, 0.25) is 0 Å². The van der Waals surface area contributed by atoms with E-state index in [0.717, 1.165) is 35.4 Å². The molecular weight excluding hydrogens is 506 g/mol. The topological polar surface area (TPSA) is 41.1 Å². The molecule has 0 radical (unpaired) electrons. The van der Waals surface area contributed by atoms with Crippen LogP contribution in [0.1, 0.15) is 79.0 Å². The molecule has 38 heavy (non-hydrogen) atoms. The van der Waals surface area contributed by atoms with Gasteiger partial charge in [0.2, 0.25) is 5.91 Å². The predicted octanol–water partition coefficient (Wildman–Crippen LogP) is 8.29. The zero-order valence-electron chi connectivity index (χ0n) is 21.5. The molecule has 1 amide bonds. The van der Waals surface area contributed by atoms with Gasteiger partial charge < -0.3 is 5.32 Å². The molecule has 0 aromatic heterocycles. The first-order valence-corrected chi connectivity index (χ1v) is 12.2. The second-order valence-electron chi connectivity index (χ2n) is 9.73. The first-order chi connectivity index (χ1) is 17.7. The smallest absolute Gasteiger partial charge is 0.324 e. The molecule has 0 fully saturated rings. The fraction of sp³-hybridized carbons (Fsp3) is 0.345. The monoisotopic (exact) mass is 536 g/mol. The largest absolute Gasteiger partial charge is 0.416 e. The molecule has 0 saturated carbocycles. The minimum Gasteiger partial charge on any atom is -0.324 e. The van der Waals surface area contributed by atoms with Gasteiger partial charge >= 0.3 is 12.4 Å². The van der Waals surface area contributed by atoms with E-state index in [0.29, 0.717) is 5.69 Å². The van der Waals surface area contributed by atoms with Crippen LogP contribution in [0.4, 0.5) is 32.0 Å². The lowest BCUT2D eigenvalue weighted by molar-refractivity contribution is -0.138. The number of halogens is 6. The van der Waals surface area contributed by atoms with Crippen molar-refractivity contribution >= 4 is 11.6 Å². The van der Waals surface area contributed by atoms with Crippen LogP contribution in [0.5, 0.6) is 0 Å². The van der Waals surface area contributed by atoms with Crippen LogP contribution < -0.4 is 10.6 Å². The lowest BCUT2D eigenvalue weighted by Gasteiger charge is -2.23. The van der Waals surface area contributed by atoms with E-state index in [2.05, 4.69) is 10.6 Å². The standard InChI is InChI=1S/C29H30F6N2O/c1-17(2)23-12-7-13-24(18(3)4)27(23)37-25(38)16-36-26(19-8-5-10-21(14-19)28(30,31)32)20-9-6-11-22(15-20)29(33,34)35/h5-15,17-18,26,36H,16H2,1-4H3,(H,37,38). The van der Waals surface area contributed by atoms with E-state index in [9.17, 15) is 31.1 Å². The van der Waals surface area contributed by atoms with E-state index >= 15 is 0 Å². The van der Waals surface area contributed by atoms with Crippen molar-refractivity contribution in [3.05, 3.63) is 100 Å². The van der Waals surface area contributed by atoms with Crippen LogP contribution in [0.25, 0.3) is 0 Å². The predicted molar refractivity (Wildman–Crippen MR) is 136 cm³/mol. The third kappa shape index (κ3) is 7.16. The highest BCUT2D eigenvalue weighted by Gasteiger charge is 2.33. The minimum absolute atomic E-state index is 0.0809. The summed E-state index contributed by atoms with van der Waals surface area (Å²) < 4.78 is 80.3. The first-order valence-electron chi connectivity index (χ1n) is 12.2. The zero-order chi connectivity index (χ0) is 28.3. The molecule has 0 atom stereocenters. The number of carbonyl (C=O) groups is 1. The number of anilines is 1. The fourth-order valence-corrected chi connectivity index (χ4v) is 4.29. The Balaban J connectivity index is 1.95. The van der Waals surface area contributed by atoms with Crippen LogP contribution >= 0.6 is 0 Å². The Bertz CT molecular complexity index is 1180. The summed E-state index contributed by atoms with van der Waals surface area (Å²) in [6.45, 7) is 7.62. The normalized spacial score (nSPS) is 12.4. The van der Waals surface area contributed by atoms with E-state index in [-0.39, 0.29) is 29.5 Å². The summed E-state index contributed by atoms with van der Waals surface area (Å²) in [4.78, 5) is 13.0. The van der Waals surface area contributed by atoms with Crippen molar-refractivity contribution < 1.29 is 31.1 Å². The summed E-state index contributed by atoms with van der Waals surface area (Å²) in [5.41, 5.74) is 0.804. The maximum absolute atomic E-state index is 13.4. The Morgan fingerprint density at radius 2 is 1.13 bits per heavy atom. The molecule has 0 unspecified atom stereocenters. The fourth-order valence-electron chi connectivity index (χ4n) is 4.29. The lowest BCUT2D eigenvalue weighted by Crippen LogP contribution is -2.32. The number of hydrogen-bond acceptors (Lipinski definition) is 2.